The normalized spacial score (nSPS) is 17.9. The Hall–Kier alpha value is -3.39. The lowest BCUT2D eigenvalue weighted by Crippen LogP contribution is -2.52. The molecule has 1 unspecified atom stereocenters. The molecule has 1 atom stereocenters. The van der Waals surface area contributed by atoms with Crippen LogP contribution in [0.5, 0.6) is 5.75 Å². The van der Waals surface area contributed by atoms with Crippen LogP contribution in [-0.4, -0.2) is 41.2 Å². The second-order valence-electron chi connectivity index (χ2n) is 7.52. The van der Waals surface area contributed by atoms with Crippen LogP contribution in [0.15, 0.2) is 36.4 Å². The van der Waals surface area contributed by atoms with E-state index in [1.807, 2.05) is 6.92 Å². The van der Waals surface area contributed by atoms with E-state index in [9.17, 15) is 19.2 Å². The Kier molecular flexibility index (Phi) is 5.65. The molecule has 9 heteroatoms. The van der Waals surface area contributed by atoms with Gasteiger partial charge in [0.05, 0.1) is 0 Å². The predicted molar refractivity (Wildman–Crippen MR) is 113 cm³/mol. The number of halogens is 1. The first kappa shape index (κ1) is 20.9. The molecule has 4 amide bonds. The summed E-state index contributed by atoms with van der Waals surface area (Å²) >= 11 is 5.92. The third kappa shape index (κ3) is 4.39. The number of amides is 4. The zero-order valence-corrected chi connectivity index (χ0v) is 17.5. The fraction of sp³-hybridized carbons (Fsp3) is 0.273. The Morgan fingerprint density at radius 1 is 1.23 bits per heavy atom. The topological polar surface area (TPSA) is 105 Å². The number of anilines is 1. The fourth-order valence-corrected chi connectivity index (χ4v) is 3.97. The van der Waals surface area contributed by atoms with Crippen molar-refractivity contribution in [1.29, 1.82) is 0 Å². The Bertz CT molecular complexity index is 1100. The van der Waals surface area contributed by atoms with Crippen molar-refractivity contribution in [2.75, 3.05) is 11.9 Å². The molecule has 160 valence electrons. The third-order valence-corrected chi connectivity index (χ3v) is 5.56. The first-order chi connectivity index (χ1) is 14.8. The summed E-state index contributed by atoms with van der Waals surface area (Å²) in [6.45, 7) is 1.88. The summed E-state index contributed by atoms with van der Waals surface area (Å²) in [5.41, 5.74) is 2.68. The number of nitrogens with zero attached hydrogens (tertiary/aromatic N) is 1. The minimum atomic E-state index is -0.671. The van der Waals surface area contributed by atoms with Crippen LogP contribution in [0.4, 0.5) is 5.69 Å². The van der Waals surface area contributed by atoms with E-state index < -0.39 is 11.9 Å². The fourth-order valence-electron chi connectivity index (χ4n) is 3.74. The van der Waals surface area contributed by atoms with E-state index in [4.69, 9.17) is 16.3 Å². The monoisotopic (exact) mass is 441 g/mol. The molecule has 1 saturated heterocycles. The van der Waals surface area contributed by atoms with Crippen molar-refractivity contribution >= 4 is 40.9 Å². The number of hydrogen-bond donors (Lipinski definition) is 2. The number of fused-ring (bicyclic) bond motifs is 1. The van der Waals surface area contributed by atoms with Crippen molar-refractivity contribution in [3.63, 3.8) is 0 Å². The largest absolute Gasteiger partial charge is 0.484 e. The SMILES string of the molecule is Cc1cc(Cl)ccc1NC(=O)COc1ccc2c(c1)CN(C1CCC(=O)NC1=O)C2=O. The molecule has 31 heavy (non-hydrogen) atoms. The van der Waals surface area contributed by atoms with Gasteiger partial charge in [-0.05, 0) is 60.9 Å². The lowest BCUT2D eigenvalue weighted by atomic mass is 10.0. The van der Waals surface area contributed by atoms with E-state index in [1.54, 1.807) is 36.4 Å². The smallest absolute Gasteiger partial charge is 0.262 e. The second-order valence-corrected chi connectivity index (χ2v) is 7.95. The van der Waals surface area contributed by atoms with Gasteiger partial charge in [-0.25, -0.2) is 0 Å². The second kappa shape index (κ2) is 8.39. The van der Waals surface area contributed by atoms with Gasteiger partial charge in [0.2, 0.25) is 11.8 Å². The highest BCUT2D eigenvalue weighted by Crippen LogP contribution is 2.30. The quantitative estimate of drug-likeness (QED) is 0.693. The molecule has 2 aliphatic rings. The third-order valence-electron chi connectivity index (χ3n) is 5.33. The highest BCUT2D eigenvalue weighted by atomic mass is 35.5. The highest BCUT2D eigenvalue weighted by Gasteiger charge is 2.39. The summed E-state index contributed by atoms with van der Waals surface area (Å²) in [7, 11) is 0. The van der Waals surface area contributed by atoms with Gasteiger partial charge in [0.15, 0.2) is 6.61 Å². The highest BCUT2D eigenvalue weighted by molar-refractivity contribution is 6.30. The van der Waals surface area contributed by atoms with Gasteiger partial charge >= 0.3 is 0 Å². The van der Waals surface area contributed by atoms with Gasteiger partial charge in [-0.15, -0.1) is 0 Å². The van der Waals surface area contributed by atoms with Gasteiger partial charge in [0, 0.05) is 29.2 Å². The van der Waals surface area contributed by atoms with E-state index in [0.717, 1.165) is 5.56 Å². The van der Waals surface area contributed by atoms with E-state index in [0.29, 0.717) is 34.0 Å². The van der Waals surface area contributed by atoms with Crippen LogP contribution in [0.1, 0.15) is 34.3 Å². The predicted octanol–water partition coefficient (Wildman–Crippen LogP) is 2.43. The summed E-state index contributed by atoms with van der Waals surface area (Å²) in [6, 6.07) is 9.43. The van der Waals surface area contributed by atoms with Crippen molar-refractivity contribution in [3.05, 3.63) is 58.1 Å². The molecule has 0 aliphatic carbocycles. The van der Waals surface area contributed by atoms with Gasteiger partial charge in [0.1, 0.15) is 11.8 Å². The maximum Gasteiger partial charge on any atom is 0.262 e. The first-order valence-electron chi connectivity index (χ1n) is 9.78. The number of benzene rings is 2. The average Bonchev–Trinajstić information content (AvgIpc) is 3.04. The Labute approximate surface area is 183 Å². The Morgan fingerprint density at radius 2 is 2.03 bits per heavy atom. The number of aryl methyl sites for hydroxylation is 1. The molecule has 0 spiro atoms. The minimum Gasteiger partial charge on any atom is -0.484 e. The average molecular weight is 442 g/mol. The number of carbonyl (C=O) groups excluding carboxylic acids is 4. The van der Waals surface area contributed by atoms with Crippen molar-refractivity contribution in [1.82, 2.24) is 10.2 Å². The van der Waals surface area contributed by atoms with Crippen LogP contribution in [0.3, 0.4) is 0 Å². The van der Waals surface area contributed by atoms with E-state index >= 15 is 0 Å². The maximum atomic E-state index is 12.7. The standard InChI is InChI=1S/C22H20ClN3O5/c1-12-8-14(23)2-5-17(12)24-20(28)11-31-15-3-4-16-13(9-15)10-26(22(16)30)18-6-7-19(27)25-21(18)29/h2-5,8-9,18H,6-7,10-11H2,1H3,(H,24,28)(H,25,27,29). The molecule has 2 N–H and O–H groups in total. The van der Waals surface area contributed by atoms with E-state index in [-0.39, 0.29) is 37.3 Å². The number of imide groups is 1. The number of hydrogen-bond acceptors (Lipinski definition) is 5. The number of rotatable bonds is 5. The number of piperidine rings is 1. The number of carbonyl (C=O) groups is 4. The molecule has 2 aromatic rings. The number of nitrogens with one attached hydrogen (secondary N) is 2. The first-order valence-corrected chi connectivity index (χ1v) is 10.2. The van der Waals surface area contributed by atoms with Crippen LogP contribution in [0.25, 0.3) is 0 Å². The molecule has 2 aromatic carbocycles. The molecular weight excluding hydrogens is 422 g/mol. The van der Waals surface area contributed by atoms with Gasteiger partial charge < -0.3 is 15.0 Å². The van der Waals surface area contributed by atoms with Gasteiger partial charge in [-0.3, -0.25) is 24.5 Å². The minimum absolute atomic E-state index is 0.201. The zero-order valence-electron chi connectivity index (χ0n) is 16.7. The lowest BCUT2D eigenvalue weighted by Gasteiger charge is -2.29. The summed E-state index contributed by atoms with van der Waals surface area (Å²) in [5, 5.41) is 5.63. The van der Waals surface area contributed by atoms with Crippen LogP contribution >= 0.6 is 11.6 Å². The van der Waals surface area contributed by atoms with E-state index in [2.05, 4.69) is 10.6 Å². The molecule has 0 saturated carbocycles. The lowest BCUT2D eigenvalue weighted by molar-refractivity contribution is -0.137. The molecule has 1 fully saturated rings. The molecule has 8 nitrogen and oxygen atoms in total. The molecule has 2 heterocycles. The van der Waals surface area contributed by atoms with Crippen LogP contribution in [0, 0.1) is 6.92 Å². The summed E-state index contributed by atoms with van der Waals surface area (Å²) in [6.07, 6.45) is 0.505. The van der Waals surface area contributed by atoms with E-state index in [1.165, 1.54) is 4.90 Å². The summed E-state index contributed by atoms with van der Waals surface area (Å²) < 4.78 is 5.59. The van der Waals surface area contributed by atoms with Crippen molar-refractivity contribution < 1.29 is 23.9 Å². The maximum absolute atomic E-state index is 12.7. The molecular formula is C22H20ClN3O5. The summed E-state index contributed by atoms with van der Waals surface area (Å²) in [4.78, 5) is 49.9. The Balaban J connectivity index is 1.38. The van der Waals surface area contributed by atoms with Crippen LogP contribution in [0.2, 0.25) is 5.02 Å². The molecule has 0 aromatic heterocycles. The number of ether oxygens (including phenoxy) is 1. The van der Waals surface area contributed by atoms with Crippen molar-refractivity contribution in [2.45, 2.75) is 32.4 Å². The van der Waals surface area contributed by atoms with Gasteiger partial charge in [-0.2, -0.15) is 0 Å². The van der Waals surface area contributed by atoms with Gasteiger partial charge in [0.25, 0.3) is 11.8 Å². The van der Waals surface area contributed by atoms with Crippen molar-refractivity contribution in [3.8, 4) is 5.75 Å². The Morgan fingerprint density at radius 3 is 2.77 bits per heavy atom. The molecule has 4 rings (SSSR count). The molecule has 2 aliphatic heterocycles. The molecule has 0 radical (unpaired) electrons. The van der Waals surface area contributed by atoms with Gasteiger partial charge in [-0.1, -0.05) is 11.6 Å². The molecule has 0 bridgehead atoms. The van der Waals surface area contributed by atoms with Crippen molar-refractivity contribution in [2.24, 2.45) is 0 Å². The zero-order chi connectivity index (χ0) is 22.1. The van der Waals surface area contributed by atoms with Crippen LogP contribution < -0.4 is 15.4 Å². The van der Waals surface area contributed by atoms with Crippen LogP contribution in [-0.2, 0) is 20.9 Å². The summed E-state index contributed by atoms with van der Waals surface area (Å²) in [5.74, 6) is -0.921.